The fourth-order valence-corrected chi connectivity index (χ4v) is 1.97. The van der Waals surface area contributed by atoms with Crippen LogP contribution >= 0.6 is 0 Å². The summed E-state index contributed by atoms with van der Waals surface area (Å²) in [5.74, 6) is -0.0750. The number of aliphatic hydroxyl groups is 1. The minimum absolute atomic E-state index is 0.00235. The van der Waals surface area contributed by atoms with Crippen molar-refractivity contribution in [2.75, 3.05) is 6.61 Å². The maximum absolute atomic E-state index is 12.2. The maximum atomic E-state index is 12.2. The Balaban J connectivity index is 2.89. The molecule has 0 aromatic heterocycles. The van der Waals surface area contributed by atoms with E-state index in [-0.39, 0.29) is 30.2 Å². The third kappa shape index (κ3) is 4.03. The number of amides is 1. The standard InChI is InChI=1S/C14H20N2O4/c1-9(2)13(6-7-17)15-14(18)12-5-4-11(16(19)20)8-10(12)3/h4-5,8-9,13,17H,6-7H2,1-3H3,(H,15,18). The Morgan fingerprint density at radius 1 is 1.45 bits per heavy atom. The number of nitro groups is 1. The summed E-state index contributed by atoms with van der Waals surface area (Å²) in [7, 11) is 0. The number of non-ortho nitro benzene ring substituents is 1. The van der Waals surface area contributed by atoms with Crippen LogP contribution in [0.1, 0.15) is 36.2 Å². The van der Waals surface area contributed by atoms with Crippen molar-refractivity contribution in [3.05, 3.63) is 39.4 Å². The number of carbonyl (C=O) groups excluding carboxylic acids is 1. The molecule has 1 aromatic rings. The zero-order valence-electron chi connectivity index (χ0n) is 11.9. The second-order valence-corrected chi connectivity index (χ2v) is 5.09. The van der Waals surface area contributed by atoms with E-state index in [0.717, 1.165) is 0 Å². The molecule has 0 fully saturated rings. The van der Waals surface area contributed by atoms with Crippen molar-refractivity contribution in [3.63, 3.8) is 0 Å². The van der Waals surface area contributed by atoms with Gasteiger partial charge in [0.2, 0.25) is 0 Å². The van der Waals surface area contributed by atoms with Crippen molar-refractivity contribution in [2.24, 2.45) is 5.92 Å². The number of nitrogens with one attached hydrogen (secondary N) is 1. The monoisotopic (exact) mass is 280 g/mol. The first-order valence-electron chi connectivity index (χ1n) is 6.53. The number of benzene rings is 1. The predicted octanol–water partition coefficient (Wildman–Crippen LogP) is 2.04. The molecule has 6 heteroatoms. The van der Waals surface area contributed by atoms with Gasteiger partial charge < -0.3 is 10.4 Å². The van der Waals surface area contributed by atoms with Gasteiger partial charge in [-0.3, -0.25) is 14.9 Å². The molecule has 0 saturated carbocycles. The van der Waals surface area contributed by atoms with Crippen LogP contribution in [-0.4, -0.2) is 28.6 Å². The second kappa shape index (κ2) is 7.00. The van der Waals surface area contributed by atoms with E-state index < -0.39 is 4.92 Å². The van der Waals surface area contributed by atoms with Gasteiger partial charge in [0.15, 0.2) is 0 Å². The van der Waals surface area contributed by atoms with Crippen LogP contribution in [0.2, 0.25) is 0 Å². The summed E-state index contributed by atoms with van der Waals surface area (Å²) in [5, 5.41) is 22.5. The van der Waals surface area contributed by atoms with E-state index in [1.165, 1.54) is 18.2 Å². The highest BCUT2D eigenvalue weighted by Gasteiger charge is 2.19. The number of carbonyl (C=O) groups is 1. The molecule has 2 N–H and O–H groups in total. The van der Waals surface area contributed by atoms with Crippen molar-refractivity contribution in [1.82, 2.24) is 5.32 Å². The van der Waals surface area contributed by atoms with Gasteiger partial charge in [-0.25, -0.2) is 0 Å². The number of nitrogens with zero attached hydrogens (tertiary/aromatic N) is 1. The Kier molecular flexibility index (Phi) is 5.64. The fourth-order valence-electron chi connectivity index (χ4n) is 1.97. The van der Waals surface area contributed by atoms with Gasteiger partial charge in [-0.15, -0.1) is 0 Å². The summed E-state index contributed by atoms with van der Waals surface area (Å²) < 4.78 is 0. The van der Waals surface area contributed by atoms with Crippen LogP contribution in [0.4, 0.5) is 5.69 Å². The van der Waals surface area contributed by atoms with Crippen molar-refractivity contribution in [2.45, 2.75) is 33.2 Å². The normalized spacial score (nSPS) is 12.2. The summed E-state index contributed by atoms with van der Waals surface area (Å²) in [5.41, 5.74) is 0.942. The van der Waals surface area contributed by atoms with Gasteiger partial charge in [-0.1, -0.05) is 13.8 Å². The molecule has 1 rings (SSSR count). The quantitative estimate of drug-likeness (QED) is 0.616. The molecular weight excluding hydrogens is 260 g/mol. The smallest absolute Gasteiger partial charge is 0.269 e. The first kappa shape index (κ1) is 16.1. The van der Waals surface area contributed by atoms with Gasteiger partial charge in [-0.2, -0.15) is 0 Å². The average molecular weight is 280 g/mol. The highest BCUT2D eigenvalue weighted by molar-refractivity contribution is 5.96. The zero-order valence-corrected chi connectivity index (χ0v) is 11.9. The van der Waals surface area contributed by atoms with E-state index in [2.05, 4.69) is 5.32 Å². The molecular formula is C14H20N2O4. The molecule has 6 nitrogen and oxygen atoms in total. The van der Waals surface area contributed by atoms with Gasteiger partial charge in [0, 0.05) is 30.3 Å². The number of aryl methyl sites for hydroxylation is 1. The van der Waals surface area contributed by atoms with Crippen molar-refractivity contribution in [1.29, 1.82) is 0 Å². The molecule has 0 aliphatic carbocycles. The highest BCUT2D eigenvalue weighted by atomic mass is 16.6. The lowest BCUT2D eigenvalue weighted by molar-refractivity contribution is -0.384. The Labute approximate surface area is 118 Å². The van der Waals surface area contributed by atoms with Crippen LogP contribution < -0.4 is 5.32 Å². The van der Waals surface area contributed by atoms with Gasteiger partial charge in [0.05, 0.1) is 4.92 Å². The van der Waals surface area contributed by atoms with E-state index in [1.54, 1.807) is 6.92 Å². The van der Waals surface area contributed by atoms with Crippen molar-refractivity contribution in [3.8, 4) is 0 Å². The van der Waals surface area contributed by atoms with Crippen LogP contribution in [0.15, 0.2) is 18.2 Å². The van der Waals surface area contributed by atoms with Crippen LogP contribution in [-0.2, 0) is 0 Å². The molecule has 20 heavy (non-hydrogen) atoms. The van der Waals surface area contributed by atoms with Gasteiger partial charge in [-0.05, 0) is 30.9 Å². The summed E-state index contributed by atoms with van der Waals surface area (Å²) in [6.07, 6.45) is 0.482. The molecule has 0 radical (unpaired) electrons. The summed E-state index contributed by atoms with van der Waals surface area (Å²) >= 11 is 0. The fraction of sp³-hybridized carbons (Fsp3) is 0.500. The molecule has 0 aliphatic rings. The summed E-state index contributed by atoms with van der Waals surface area (Å²) in [6, 6.07) is 4.03. The van der Waals surface area contributed by atoms with Gasteiger partial charge >= 0.3 is 0 Å². The molecule has 1 amide bonds. The highest BCUT2D eigenvalue weighted by Crippen LogP contribution is 2.17. The van der Waals surface area contributed by atoms with Crippen LogP contribution in [0.25, 0.3) is 0 Å². The summed E-state index contributed by atoms with van der Waals surface area (Å²) in [6.45, 7) is 5.59. The lowest BCUT2D eigenvalue weighted by Gasteiger charge is -2.22. The maximum Gasteiger partial charge on any atom is 0.269 e. The van der Waals surface area contributed by atoms with Crippen molar-refractivity contribution < 1.29 is 14.8 Å². The Morgan fingerprint density at radius 2 is 2.10 bits per heavy atom. The Morgan fingerprint density at radius 3 is 2.55 bits per heavy atom. The molecule has 1 unspecified atom stereocenters. The minimum Gasteiger partial charge on any atom is -0.396 e. The molecule has 0 bridgehead atoms. The third-order valence-electron chi connectivity index (χ3n) is 3.23. The molecule has 0 spiro atoms. The average Bonchev–Trinajstić information content (AvgIpc) is 2.37. The number of aliphatic hydroxyl groups excluding tert-OH is 1. The first-order valence-corrected chi connectivity index (χ1v) is 6.53. The molecule has 0 heterocycles. The zero-order chi connectivity index (χ0) is 15.3. The molecule has 1 aromatic carbocycles. The Hall–Kier alpha value is -1.95. The van der Waals surface area contributed by atoms with Crippen LogP contribution in [0.3, 0.4) is 0 Å². The van der Waals surface area contributed by atoms with E-state index in [4.69, 9.17) is 5.11 Å². The summed E-state index contributed by atoms with van der Waals surface area (Å²) in [4.78, 5) is 22.3. The number of hydrogen-bond donors (Lipinski definition) is 2. The lowest BCUT2D eigenvalue weighted by atomic mass is 10.00. The van der Waals surface area contributed by atoms with E-state index in [1.807, 2.05) is 13.8 Å². The number of rotatable bonds is 6. The minimum atomic E-state index is -0.489. The van der Waals surface area contributed by atoms with Crippen molar-refractivity contribution >= 4 is 11.6 Å². The Bertz CT molecular complexity index is 500. The topological polar surface area (TPSA) is 92.5 Å². The van der Waals surface area contributed by atoms with E-state index in [9.17, 15) is 14.9 Å². The second-order valence-electron chi connectivity index (χ2n) is 5.09. The van der Waals surface area contributed by atoms with E-state index >= 15 is 0 Å². The first-order chi connectivity index (χ1) is 9.36. The molecule has 1 atom stereocenters. The molecule has 110 valence electrons. The molecule has 0 aliphatic heterocycles. The van der Waals surface area contributed by atoms with Crippen LogP contribution in [0, 0.1) is 23.0 Å². The number of nitro benzene ring substituents is 1. The predicted molar refractivity (Wildman–Crippen MR) is 75.6 cm³/mol. The lowest BCUT2D eigenvalue weighted by Crippen LogP contribution is -2.39. The van der Waals surface area contributed by atoms with Gasteiger partial charge in [0.25, 0.3) is 11.6 Å². The molecule has 0 saturated heterocycles. The van der Waals surface area contributed by atoms with E-state index in [0.29, 0.717) is 17.5 Å². The number of hydrogen-bond acceptors (Lipinski definition) is 4. The largest absolute Gasteiger partial charge is 0.396 e. The SMILES string of the molecule is Cc1cc([N+](=O)[O-])ccc1C(=O)NC(CCO)C(C)C. The van der Waals surface area contributed by atoms with Gasteiger partial charge in [0.1, 0.15) is 0 Å². The third-order valence-corrected chi connectivity index (χ3v) is 3.23. The van der Waals surface area contributed by atoms with Crippen LogP contribution in [0.5, 0.6) is 0 Å².